The Bertz CT molecular complexity index is 501. The van der Waals surface area contributed by atoms with Gasteiger partial charge in [0.25, 0.3) is 5.91 Å². The number of benzene rings is 1. The maximum Gasteiger partial charge on any atom is 0.251 e. The molecule has 22 heavy (non-hydrogen) atoms. The Morgan fingerprint density at radius 2 is 1.73 bits per heavy atom. The largest absolute Gasteiger partial charge is 0.352 e. The fourth-order valence-electron chi connectivity index (χ4n) is 1.93. The minimum Gasteiger partial charge on any atom is -0.352 e. The number of carbonyl (C=O) groups is 2. The van der Waals surface area contributed by atoms with Gasteiger partial charge in [-0.3, -0.25) is 9.59 Å². The first-order valence-electron chi connectivity index (χ1n) is 7.88. The van der Waals surface area contributed by atoms with Crippen molar-refractivity contribution in [2.24, 2.45) is 5.41 Å². The molecule has 4 nitrogen and oxygen atoms in total. The zero-order valence-electron chi connectivity index (χ0n) is 14.3. The first-order chi connectivity index (χ1) is 10.2. The van der Waals surface area contributed by atoms with Gasteiger partial charge in [0.2, 0.25) is 5.91 Å². The van der Waals surface area contributed by atoms with E-state index in [0.29, 0.717) is 18.5 Å². The zero-order chi connectivity index (χ0) is 16.8. The standard InChI is InChI=1S/C18H28N2O2/c1-6-13(2)20-17(22)15-9-7-14(8-10-15)12-19-16(21)11-18(3,4)5/h7-10,13H,6,11-12H2,1-5H3,(H,19,21)(H,20,22)/t13-/m1/s1. The van der Waals surface area contributed by atoms with Gasteiger partial charge in [0.05, 0.1) is 0 Å². The first-order valence-corrected chi connectivity index (χ1v) is 7.88. The molecule has 1 aromatic carbocycles. The molecular weight excluding hydrogens is 276 g/mol. The van der Waals surface area contributed by atoms with Crippen LogP contribution in [-0.2, 0) is 11.3 Å². The number of hydrogen-bond donors (Lipinski definition) is 2. The lowest BCUT2D eigenvalue weighted by atomic mass is 9.92. The normalized spacial score (nSPS) is 12.6. The Labute approximate surface area is 133 Å². The Kier molecular flexibility index (Phi) is 6.60. The molecule has 1 aromatic rings. The Balaban J connectivity index is 2.51. The van der Waals surface area contributed by atoms with Crippen LogP contribution in [0.2, 0.25) is 0 Å². The number of hydrogen-bond acceptors (Lipinski definition) is 2. The summed E-state index contributed by atoms with van der Waals surface area (Å²) in [5.74, 6) is -0.0104. The van der Waals surface area contributed by atoms with Crippen molar-refractivity contribution in [1.29, 1.82) is 0 Å². The highest BCUT2D eigenvalue weighted by molar-refractivity contribution is 5.94. The smallest absolute Gasteiger partial charge is 0.251 e. The molecule has 0 unspecified atom stereocenters. The molecule has 0 heterocycles. The van der Waals surface area contributed by atoms with Crippen LogP contribution in [0.4, 0.5) is 0 Å². The molecule has 0 bridgehead atoms. The van der Waals surface area contributed by atoms with Crippen LogP contribution in [0.3, 0.4) is 0 Å². The summed E-state index contributed by atoms with van der Waals surface area (Å²) < 4.78 is 0. The molecule has 0 aromatic heterocycles. The highest BCUT2D eigenvalue weighted by Crippen LogP contribution is 2.17. The van der Waals surface area contributed by atoms with Crippen molar-refractivity contribution in [3.05, 3.63) is 35.4 Å². The van der Waals surface area contributed by atoms with Crippen molar-refractivity contribution in [2.75, 3.05) is 0 Å². The minimum atomic E-state index is -0.0577. The lowest BCUT2D eigenvalue weighted by Gasteiger charge is -2.17. The van der Waals surface area contributed by atoms with Gasteiger partial charge >= 0.3 is 0 Å². The molecule has 0 aliphatic rings. The summed E-state index contributed by atoms with van der Waals surface area (Å²) in [5, 5.41) is 5.84. The second-order valence-corrected chi connectivity index (χ2v) is 6.99. The van der Waals surface area contributed by atoms with Crippen molar-refractivity contribution in [1.82, 2.24) is 10.6 Å². The molecule has 2 amide bonds. The summed E-state index contributed by atoms with van der Waals surface area (Å²) in [6, 6.07) is 7.52. The van der Waals surface area contributed by atoms with Crippen LogP contribution in [0.25, 0.3) is 0 Å². The highest BCUT2D eigenvalue weighted by atomic mass is 16.2. The van der Waals surface area contributed by atoms with Crippen LogP contribution in [0.1, 0.15) is 63.4 Å². The zero-order valence-corrected chi connectivity index (χ0v) is 14.3. The van der Waals surface area contributed by atoms with Crippen LogP contribution in [-0.4, -0.2) is 17.9 Å². The molecule has 0 spiro atoms. The SMILES string of the molecule is CC[C@@H](C)NC(=O)c1ccc(CNC(=O)CC(C)(C)C)cc1. The van der Waals surface area contributed by atoms with Crippen molar-refractivity contribution >= 4 is 11.8 Å². The summed E-state index contributed by atoms with van der Waals surface area (Å²) in [5.41, 5.74) is 1.62. The number of carbonyl (C=O) groups excluding carboxylic acids is 2. The third-order valence-electron chi connectivity index (χ3n) is 3.39. The van der Waals surface area contributed by atoms with E-state index >= 15 is 0 Å². The van der Waals surface area contributed by atoms with E-state index in [1.165, 1.54) is 0 Å². The van der Waals surface area contributed by atoms with Crippen LogP contribution < -0.4 is 10.6 Å². The maximum absolute atomic E-state index is 12.0. The molecule has 4 heteroatoms. The first kappa shape index (κ1) is 18.2. The second-order valence-electron chi connectivity index (χ2n) is 6.99. The van der Waals surface area contributed by atoms with Gasteiger partial charge in [0.1, 0.15) is 0 Å². The molecule has 0 aliphatic carbocycles. The van der Waals surface area contributed by atoms with Gasteiger partial charge in [0, 0.05) is 24.6 Å². The second kappa shape index (κ2) is 7.97. The third kappa shape index (κ3) is 6.74. The number of rotatable bonds is 6. The van der Waals surface area contributed by atoms with Crippen molar-refractivity contribution < 1.29 is 9.59 Å². The maximum atomic E-state index is 12.0. The Morgan fingerprint density at radius 1 is 1.14 bits per heavy atom. The van der Waals surface area contributed by atoms with Gasteiger partial charge in [0.15, 0.2) is 0 Å². The molecule has 0 saturated heterocycles. The molecule has 0 radical (unpaired) electrons. The lowest BCUT2D eigenvalue weighted by molar-refractivity contribution is -0.122. The van der Waals surface area contributed by atoms with E-state index in [1.54, 1.807) is 12.1 Å². The van der Waals surface area contributed by atoms with E-state index in [4.69, 9.17) is 0 Å². The van der Waals surface area contributed by atoms with Crippen molar-refractivity contribution in [3.8, 4) is 0 Å². The van der Waals surface area contributed by atoms with E-state index < -0.39 is 0 Å². The van der Waals surface area contributed by atoms with Gasteiger partial charge in [-0.2, -0.15) is 0 Å². The quantitative estimate of drug-likeness (QED) is 0.847. The highest BCUT2D eigenvalue weighted by Gasteiger charge is 2.15. The van der Waals surface area contributed by atoms with Gasteiger partial charge in [-0.15, -0.1) is 0 Å². The van der Waals surface area contributed by atoms with E-state index in [9.17, 15) is 9.59 Å². The summed E-state index contributed by atoms with van der Waals surface area (Å²) in [7, 11) is 0. The summed E-state index contributed by atoms with van der Waals surface area (Å²) in [6.45, 7) is 10.6. The van der Waals surface area contributed by atoms with Crippen LogP contribution >= 0.6 is 0 Å². The number of nitrogens with one attached hydrogen (secondary N) is 2. The number of amides is 2. The van der Waals surface area contributed by atoms with E-state index in [2.05, 4.69) is 10.6 Å². The summed E-state index contributed by atoms with van der Waals surface area (Å²) in [6.07, 6.45) is 1.41. The predicted octanol–water partition coefficient (Wildman–Crippen LogP) is 3.27. The molecule has 1 rings (SSSR count). The van der Waals surface area contributed by atoms with Gasteiger partial charge < -0.3 is 10.6 Å². The van der Waals surface area contributed by atoms with E-state index in [0.717, 1.165) is 12.0 Å². The van der Waals surface area contributed by atoms with Crippen LogP contribution in [0, 0.1) is 5.41 Å². The van der Waals surface area contributed by atoms with Crippen LogP contribution in [0.15, 0.2) is 24.3 Å². The van der Waals surface area contributed by atoms with Gasteiger partial charge in [-0.05, 0) is 36.5 Å². The summed E-state index contributed by atoms with van der Waals surface area (Å²) in [4.78, 5) is 23.8. The molecule has 0 fully saturated rings. The Hall–Kier alpha value is -1.84. The fraction of sp³-hybridized carbons (Fsp3) is 0.556. The average Bonchev–Trinajstić information content (AvgIpc) is 2.43. The van der Waals surface area contributed by atoms with Gasteiger partial charge in [-0.25, -0.2) is 0 Å². The average molecular weight is 304 g/mol. The lowest BCUT2D eigenvalue weighted by Crippen LogP contribution is -2.31. The third-order valence-corrected chi connectivity index (χ3v) is 3.39. The molecule has 122 valence electrons. The van der Waals surface area contributed by atoms with E-state index in [-0.39, 0.29) is 23.3 Å². The molecule has 2 N–H and O–H groups in total. The Morgan fingerprint density at radius 3 is 2.23 bits per heavy atom. The van der Waals surface area contributed by atoms with Gasteiger partial charge in [-0.1, -0.05) is 39.8 Å². The topological polar surface area (TPSA) is 58.2 Å². The van der Waals surface area contributed by atoms with Crippen LogP contribution in [0.5, 0.6) is 0 Å². The van der Waals surface area contributed by atoms with E-state index in [1.807, 2.05) is 46.8 Å². The summed E-state index contributed by atoms with van der Waals surface area (Å²) >= 11 is 0. The fourth-order valence-corrected chi connectivity index (χ4v) is 1.93. The van der Waals surface area contributed by atoms with Crippen molar-refractivity contribution in [2.45, 2.75) is 60.0 Å². The molecule has 0 saturated carbocycles. The minimum absolute atomic E-state index is 0.0119. The monoisotopic (exact) mass is 304 g/mol. The predicted molar refractivity (Wildman–Crippen MR) is 89.6 cm³/mol. The molecular formula is C18H28N2O2. The molecule has 1 atom stereocenters. The molecule has 0 aliphatic heterocycles. The van der Waals surface area contributed by atoms with Crippen molar-refractivity contribution in [3.63, 3.8) is 0 Å².